The van der Waals surface area contributed by atoms with Gasteiger partial charge < -0.3 is 24.3 Å². The minimum Gasteiger partial charge on any atom is -0.454 e. The summed E-state index contributed by atoms with van der Waals surface area (Å²) in [7, 11) is 0. The molecular formula is C18H12N4O3. The molecule has 2 aliphatic heterocycles. The Hall–Kier alpha value is -3.66. The SMILES string of the molecule is N#CC1=C(N)Oc2c(ccn3ccnc23)C1c1ccc2c(c1)OCO2. The molecular weight excluding hydrogens is 320 g/mol. The number of rotatable bonds is 1. The normalized spacial score (nSPS) is 18.0. The quantitative estimate of drug-likeness (QED) is 0.734. The molecule has 0 spiro atoms. The second-order valence-electron chi connectivity index (χ2n) is 5.80. The van der Waals surface area contributed by atoms with Crippen molar-refractivity contribution in [2.75, 3.05) is 6.79 Å². The third-order valence-corrected chi connectivity index (χ3v) is 4.48. The number of allylic oxidation sites excluding steroid dienone is 1. The number of aromatic nitrogens is 2. The van der Waals surface area contributed by atoms with Crippen LogP contribution in [-0.2, 0) is 0 Å². The third kappa shape index (κ3) is 1.88. The van der Waals surface area contributed by atoms with Gasteiger partial charge >= 0.3 is 0 Å². The molecule has 2 aliphatic rings. The van der Waals surface area contributed by atoms with Crippen molar-refractivity contribution in [3.05, 3.63) is 65.4 Å². The van der Waals surface area contributed by atoms with Crippen LogP contribution in [0.3, 0.4) is 0 Å². The molecule has 0 radical (unpaired) electrons. The largest absolute Gasteiger partial charge is 0.454 e. The summed E-state index contributed by atoms with van der Waals surface area (Å²) in [6, 6.07) is 9.73. The molecule has 0 fully saturated rings. The van der Waals surface area contributed by atoms with E-state index in [4.69, 9.17) is 19.9 Å². The van der Waals surface area contributed by atoms with Gasteiger partial charge in [0.05, 0.1) is 5.92 Å². The molecule has 122 valence electrons. The Morgan fingerprint density at radius 2 is 2.08 bits per heavy atom. The van der Waals surface area contributed by atoms with Crippen molar-refractivity contribution < 1.29 is 14.2 Å². The standard InChI is InChI=1S/C18H12N4O3/c19-8-12-15(10-1-2-13-14(7-10)24-9-23-13)11-3-5-22-6-4-21-18(22)16(11)25-17(12)20/h1-7,15H,9,20H2. The van der Waals surface area contributed by atoms with Gasteiger partial charge in [-0.2, -0.15) is 5.26 Å². The molecule has 5 rings (SSSR count). The molecule has 4 heterocycles. The Bertz CT molecular complexity index is 1090. The van der Waals surface area contributed by atoms with Crippen molar-refractivity contribution in [3.8, 4) is 23.3 Å². The fourth-order valence-electron chi connectivity index (χ4n) is 3.33. The molecule has 1 unspecified atom stereocenters. The van der Waals surface area contributed by atoms with E-state index in [0.717, 1.165) is 11.1 Å². The summed E-state index contributed by atoms with van der Waals surface area (Å²) in [4.78, 5) is 4.34. The van der Waals surface area contributed by atoms with Crippen LogP contribution in [0.5, 0.6) is 17.2 Å². The zero-order valence-corrected chi connectivity index (χ0v) is 13.0. The summed E-state index contributed by atoms with van der Waals surface area (Å²) in [6.45, 7) is 0.195. The smallest absolute Gasteiger partial charge is 0.231 e. The number of hydrogen-bond donors (Lipinski definition) is 1. The number of nitrogens with two attached hydrogens (primary N) is 1. The van der Waals surface area contributed by atoms with Crippen LogP contribution < -0.4 is 19.9 Å². The van der Waals surface area contributed by atoms with Gasteiger partial charge in [-0.15, -0.1) is 0 Å². The highest BCUT2D eigenvalue weighted by Gasteiger charge is 2.33. The highest BCUT2D eigenvalue weighted by atomic mass is 16.7. The topological polar surface area (TPSA) is 94.8 Å². The Kier molecular flexibility index (Phi) is 2.70. The van der Waals surface area contributed by atoms with E-state index in [1.165, 1.54) is 0 Å². The summed E-state index contributed by atoms with van der Waals surface area (Å²) in [6.07, 6.45) is 5.41. The molecule has 1 atom stereocenters. The van der Waals surface area contributed by atoms with Crippen molar-refractivity contribution in [1.82, 2.24) is 9.38 Å². The van der Waals surface area contributed by atoms with E-state index < -0.39 is 0 Å². The average Bonchev–Trinajstić information content (AvgIpc) is 3.28. The fraction of sp³-hybridized carbons (Fsp3) is 0.111. The van der Waals surface area contributed by atoms with Crippen LogP contribution in [0.2, 0.25) is 0 Å². The predicted molar refractivity (Wildman–Crippen MR) is 87.1 cm³/mol. The number of imidazole rings is 1. The lowest BCUT2D eigenvalue weighted by molar-refractivity contribution is 0.174. The highest BCUT2D eigenvalue weighted by Crippen LogP contribution is 2.45. The van der Waals surface area contributed by atoms with Crippen molar-refractivity contribution in [2.24, 2.45) is 5.73 Å². The van der Waals surface area contributed by atoms with Crippen LogP contribution in [0.1, 0.15) is 17.0 Å². The first-order chi connectivity index (χ1) is 12.3. The number of pyridine rings is 1. The molecule has 3 aromatic rings. The highest BCUT2D eigenvalue weighted by molar-refractivity contribution is 5.66. The summed E-state index contributed by atoms with van der Waals surface area (Å²) in [5.74, 6) is 1.64. The molecule has 0 bridgehead atoms. The first-order valence-corrected chi connectivity index (χ1v) is 7.69. The summed E-state index contributed by atoms with van der Waals surface area (Å²) >= 11 is 0. The van der Waals surface area contributed by atoms with Gasteiger partial charge in [-0.3, -0.25) is 0 Å². The van der Waals surface area contributed by atoms with Gasteiger partial charge in [-0.05, 0) is 23.8 Å². The van der Waals surface area contributed by atoms with Crippen LogP contribution in [0, 0.1) is 11.3 Å². The molecule has 7 nitrogen and oxygen atoms in total. The van der Waals surface area contributed by atoms with E-state index in [1.807, 2.05) is 41.1 Å². The van der Waals surface area contributed by atoms with E-state index in [0.29, 0.717) is 28.5 Å². The second kappa shape index (κ2) is 4.92. The molecule has 1 aromatic carbocycles. The molecule has 2 aromatic heterocycles. The van der Waals surface area contributed by atoms with Gasteiger partial charge in [0, 0.05) is 24.2 Å². The number of fused-ring (bicyclic) bond motifs is 4. The molecule has 0 aliphatic carbocycles. The monoisotopic (exact) mass is 332 g/mol. The van der Waals surface area contributed by atoms with Gasteiger partial charge in [0.2, 0.25) is 12.7 Å². The van der Waals surface area contributed by atoms with Gasteiger partial charge in [-0.25, -0.2) is 4.98 Å². The lowest BCUT2D eigenvalue weighted by Crippen LogP contribution is -2.21. The van der Waals surface area contributed by atoms with Crippen molar-refractivity contribution >= 4 is 5.65 Å². The first kappa shape index (κ1) is 13.7. The van der Waals surface area contributed by atoms with E-state index >= 15 is 0 Å². The zero-order valence-electron chi connectivity index (χ0n) is 13.0. The van der Waals surface area contributed by atoms with E-state index in [9.17, 15) is 5.26 Å². The molecule has 0 saturated heterocycles. The van der Waals surface area contributed by atoms with Crippen molar-refractivity contribution in [3.63, 3.8) is 0 Å². The van der Waals surface area contributed by atoms with Gasteiger partial charge in [0.15, 0.2) is 22.9 Å². The molecule has 0 amide bonds. The van der Waals surface area contributed by atoms with Crippen LogP contribution >= 0.6 is 0 Å². The van der Waals surface area contributed by atoms with Crippen molar-refractivity contribution in [2.45, 2.75) is 5.92 Å². The Labute approximate surface area is 142 Å². The second-order valence-corrected chi connectivity index (χ2v) is 5.80. The minimum atomic E-state index is -0.357. The molecule has 0 saturated carbocycles. The van der Waals surface area contributed by atoms with Gasteiger partial charge in [-0.1, -0.05) is 6.07 Å². The zero-order chi connectivity index (χ0) is 17.0. The molecule has 25 heavy (non-hydrogen) atoms. The van der Waals surface area contributed by atoms with Gasteiger partial charge in [0.1, 0.15) is 11.6 Å². The number of benzene rings is 1. The van der Waals surface area contributed by atoms with Crippen LogP contribution in [0.15, 0.2) is 54.3 Å². The maximum absolute atomic E-state index is 9.64. The number of nitriles is 1. The fourth-order valence-corrected chi connectivity index (χ4v) is 3.33. The Morgan fingerprint density at radius 1 is 1.20 bits per heavy atom. The van der Waals surface area contributed by atoms with Crippen LogP contribution in [0.4, 0.5) is 0 Å². The van der Waals surface area contributed by atoms with Crippen LogP contribution in [0.25, 0.3) is 5.65 Å². The summed E-state index contributed by atoms with van der Waals surface area (Å²) < 4.78 is 18.4. The van der Waals surface area contributed by atoms with Gasteiger partial charge in [0.25, 0.3) is 0 Å². The Balaban J connectivity index is 1.76. The maximum Gasteiger partial charge on any atom is 0.231 e. The lowest BCUT2D eigenvalue weighted by atomic mass is 9.84. The summed E-state index contributed by atoms with van der Waals surface area (Å²) in [5.41, 5.74) is 8.78. The minimum absolute atomic E-state index is 0.0915. The van der Waals surface area contributed by atoms with E-state index in [1.54, 1.807) is 6.20 Å². The van der Waals surface area contributed by atoms with E-state index in [-0.39, 0.29) is 18.6 Å². The number of nitrogens with zero attached hydrogens (tertiary/aromatic N) is 3. The van der Waals surface area contributed by atoms with Crippen molar-refractivity contribution in [1.29, 1.82) is 5.26 Å². The van der Waals surface area contributed by atoms with E-state index in [2.05, 4.69) is 11.1 Å². The third-order valence-electron chi connectivity index (χ3n) is 4.48. The molecule has 7 heteroatoms. The maximum atomic E-state index is 9.64. The molecule has 2 N–H and O–H groups in total. The Morgan fingerprint density at radius 3 is 2.96 bits per heavy atom. The average molecular weight is 332 g/mol. The number of ether oxygens (including phenoxy) is 3. The predicted octanol–water partition coefficient (Wildman–Crippen LogP) is 2.28. The summed E-state index contributed by atoms with van der Waals surface area (Å²) in [5, 5.41) is 9.64. The lowest BCUT2D eigenvalue weighted by Gasteiger charge is -2.26. The first-order valence-electron chi connectivity index (χ1n) is 7.69. The number of hydrogen-bond acceptors (Lipinski definition) is 6. The van der Waals surface area contributed by atoms with Crippen LogP contribution in [-0.4, -0.2) is 16.2 Å².